The number of halogens is 2. The second-order valence-electron chi connectivity index (χ2n) is 3.27. The zero-order chi connectivity index (χ0) is 10.8. The van der Waals surface area contributed by atoms with E-state index in [2.05, 4.69) is 5.10 Å². The van der Waals surface area contributed by atoms with Gasteiger partial charge >= 0.3 is 0 Å². The molecule has 0 unspecified atom stereocenters. The molecule has 0 bridgehead atoms. The van der Waals surface area contributed by atoms with Gasteiger partial charge in [-0.05, 0) is 25.1 Å². The Labute approximate surface area is 92.3 Å². The third-order valence-corrected chi connectivity index (χ3v) is 2.46. The van der Waals surface area contributed by atoms with Crippen LogP contribution in [-0.4, -0.2) is 9.78 Å². The molecule has 1 aromatic heterocycles. The minimum absolute atomic E-state index is 0.140. The van der Waals surface area contributed by atoms with Crippen molar-refractivity contribution in [2.24, 2.45) is 0 Å². The molecule has 2 nitrogen and oxygen atoms in total. The fourth-order valence-electron chi connectivity index (χ4n) is 1.44. The third kappa shape index (κ3) is 1.88. The highest BCUT2D eigenvalue weighted by Crippen LogP contribution is 2.19. The lowest BCUT2D eigenvalue weighted by Crippen LogP contribution is -2.01. The number of hydrogen-bond donors (Lipinski definition) is 0. The van der Waals surface area contributed by atoms with Crippen LogP contribution in [0.4, 0.5) is 4.39 Å². The second kappa shape index (κ2) is 4.03. The summed E-state index contributed by atoms with van der Waals surface area (Å²) >= 11 is 5.71. The second-order valence-corrected chi connectivity index (χ2v) is 3.54. The summed E-state index contributed by atoms with van der Waals surface area (Å²) in [7, 11) is 0. The van der Waals surface area contributed by atoms with E-state index in [1.165, 1.54) is 6.07 Å². The normalized spacial score (nSPS) is 10.6. The van der Waals surface area contributed by atoms with Crippen molar-refractivity contribution in [1.29, 1.82) is 0 Å². The molecule has 0 saturated heterocycles. The fraction of sp³-hybridized carbons (Fsp3) is 0.182. The highest BCUT2D eigenvalue weighted by molar-refractivity contribution is 6.17. The van der Waals surface area contributed by atoms with Crippen molar-refractivity contribution >= 4 is 11.6 Å². The van der Waals surface area contributed by atoms with Gasteiger partial charge in [-0.1, -0.05) is 6.07 Å². The molecule has 1 aromatic carbocycles. The summed E-state index contributed by atoms with van der Waals surface area (Å²) in [5, 5.41) is 4.22. The summed E-state index contributed by atoms with van der Waals surface area (Å²) in [5.41, 5.74) is 2.06. The number of aromatic nitrogens is 2. The SMILES string of the molecule is Cc1ccn(-c2cccc(F)c2CCl)n1. The number of alkyl halides is 1. The summed E-state index contributed by atoms with van der Waals surface area (Å²) in [5.74, 6) is -0.156. The Kier molecular flexibility index (Phi) is 2.73. The van der Waals surface area contributed by atoms with Gasteiger partial charge in [-0.25, -0.2) is 9.07 Å². The first-order chi connectivity index (χ1) is 7.22. The van der Waals surface area contributed by atoms with Crippen LogP contribution in [-0.2, 0) is 5.88 Å². The van der Waals surface area contributed by atoms with Crippen LogP contribution >= 0.6 is 11.6 Å². The van der Waals surface area contributed by atoms with Gasteiger partial charge in [-0.15, -0.1) is 11.6 Å². The van der Waals surface area contributed by atoms with Gasteiger partial charge in [0, 0.05) is 11.8 Å². The van der Waals surface area contributed by atoms with Crippen molar-refractivity contribution in [2.45, 2.75) is 12.8 Å². The van der Waals surface area contributed by atoms with E-state index in [9.17, 15) is 4.39 Å². The standard InChI is InChI=1S/C11H10ClFN2/c1-8-5-6-15(14-8)11-4-2-3-10(13)9(11)7-12/h2-6H,7H2,1H3. The number of rotatable bonds is 2. The largest absolute Gasteiger partial charge is 0.240 e. The number of aryl methyl sites for hydroxylation is 1. The van der Waals surface area contributed by atoms with Gasteiger partial charge in [0.05, 0.1) is 17.3 Å². The average Bonchev–Trinajstić information content (AvgIpc) is 2.64. The molecule has 78 valence electrons. The first-order valence-electron chi connectivity index (χ1n) is 4.58. The first kappa shape index (κ1) is 10.2. The van der Waals surface area contributed by atoms with E-state index < -0.39 is 0 Å². The zero-order valence-corrected chi connectivity index (χ0v) is 9.00. The van der Waals surface area contributed by atoms with Crippen LogP contribution in [0.15, 0.2) is 30.5 Å². The molecule has 0 amide bonds. The van der Waals surface area contributed by atoms with Crippen LogP contribution in [0.3, 0.4) is 0 Å². The smallest absolute Gasteiger partial charge is 0.129 e. The first-order valence-corrected chi connectivity index (χ1v) is 5.12. The summed E-state index contributed by atoms with van der Waals surface area (Å²) in [6, 6.07) is 6.71. The van der Waals surface area contributed by atoms with E-state index >= 15 is 0 Å². The maximum atomic E-state index is 13.4. The summed E-state index contributed by atoms with van der Waals surface area (Å²) in [6.07, 6.45) is 1.79. The van der Waals surface area contributed by atoms with Gasteiger partial charge in [0.2, 0.25) is 0 Å². The summed E-state index contributed by atoms with van der Waals surface area (Å²) in [6.45, 7) is 1.89. The molecule has 15 heavy (non-hydrogen) atoms. The van der Waals surface area contributed by atoms with Crippen molar-refractivity contribution in [1.82, 2.24) is 9.78 Å². The summed E-state index contributed by atoms with van der Waals surface area (Å²) in [4.78, 5) is 0. The van der Waals surface area contributed by atoms with E-state index in [4.69, 9.17) is 11.6 Å². The Morgan fingerprint density at radius 1 is 1.40 bits per heavy atom. The van der Waals surface area contributed by atoms with Crippen LogP contribution in [0.1, 0.15) is 11.3 Å². The van der Waals surface area contributed by atoms with Gasteiger partial charge in [-0.2, -0.15) is 5.10 Å². The van der Waals surface area contributed by atoms with E-state index in [-0.39, 0.29) is 11.7 Å². The molecule has 0 spiro atoms. The molecule has 0 aliphatic heterocycles. The molecule has 0 fully saturated rings. The van der Waals surface area contributed by atoms with Crippen molar-refractivity contribution < 1.29 is 4.39 Å². The van der Waals surface area contributed by atoms with E-state index in [1.54, 1.807) is 23.0 Å². The van der Waals surface area contributed by atoms with Crippen LogP contribution in [0.2, 0.25) is 0 Å². The third-order valence-electron chi connectivity index (χ3n) is 2.20. The minimum Gasteiger partial charge on any atom is -0.240 e. The van der Waals surface area contributed by atoms with Gasteiger partial charge < -0.3 is 0 Å². The van der Waals surface area contributed by atoms with Crippen LogP contribution in [0.25, 0.3) is 5.69 Å². The van der Waals surface area contributed by atoms with Gasteiger partial charge in [-0.3, -0.25) is 0 Å². The molecule has 0 N–H and O–H groups in total. The number of benzene rings is 1. The Balaban J connectivity index is 2.57. The number of hydrogen-bond acceptors (Lipinski definition) is 1. The predicted molar refractivity (Wildman–Crippen MR) is 57.8 cm³/mol. The molecule has 2 aromatic rings. The molecule has 2 rings (SSSR count). The Morgan fingerprint density at radius 2 is 2.20 bits per heavy atom. The van der Waals surface area contributed by atoms with Crippen molar-refractivity contribution in [3.8, 4) is 5.69 Å². The molecule has 4 heteroatoms. The van der Waals surface area contributed by atoms with E-state index in [0.717, 1.165) is 5.69 Å². The quantitative estimate of drug-likeness (QED) is 0.717. The maximum Gasteiger partial charge on any atom is 0.129 e. The van der Waals surface area contributed by atoms with E-state index in [1.807, 2.05) is 13.0 Å². The molecule has 0 aliphatic rings. The van der Waals surface area contributed by atoms with Crippen molar-refractivity contribution in [2.75, 3.05) is 0 Å². The monoisotopic (exact) mass is 224 g/mol. The van der Waals surface area contributed by atoms with Crippen LogP contribution in [0.5, 0.6) is 0 Å². The average molecular weight is 225 g/mol. The van der Waals surface area contributed by atoms with Crippen molar-refractivity contribution in [3.05, 3.63) is 47.5 Å². The molecule has 0 atom stereocenters. The molecular weight excluding hydrogens is 215 g/mol. The van der Waals surface area contributed by atoms with Crippen LogP contribution in [0, 0.1) is 12.7 Å². The Hall–Kier alpha value is -1.35. The molecule has 0 radical (unpaired) electrons. The minimum atomic E-state index is -0.296. The Morgan fingerprint density at radius 3 is 2.80 bits per heavy atom. The number of nitrogens with zero attached hydrogens (tertiary/aromatic N) is 2. The molecule has 0 saturated carbocycles. The Bertz CT molecular complexity index is 479. The molecular formula is C11H10ClFN2. The van der Waals surface area contributed by atoms with Gasteiger partial charge in [0.25, 0.3) is 0 Å². The lowest BCUT2D eigenvalue weighted by molar-refractivity contribution is 0.613. The lowest BCUT2D eigenvalue weighted by atomic mass is 10.2. The molecule has 0 aliphatic carbocycles. The fourth-order valence-corrected chi connectivity index (χ4v) is 1.71. The predicted octanol–water partition coefficient (Wildman–Crippen LogP) is 3.06. The van der Waals surface area contributed by atoms with Gasteiger partial charge in [0.15, 0.2) is 0 Å². The van der Waals surface area contributed by atoms with Gasteiger partial charge in [0.1, 0.15) is 5.82 Å². The maximum absolute atomic E-state index is 13.4. The lowest BCUT2D eigenvalue weighted by Gasteiger charge is -2.07. The highest BCUT2D eigenvalue weighted by Gasteiger charge is 2.09. The van der Waals surface area contributed by atoms with E-state index in [0.29, 0.717) is 11.3 Å². The van der Waals surface area contributed by atoms with Crippen LogP contribution < -0.4 is 0 Å². The topological polar surface area (TPSA) is 17.8 Å². The summed E-state index contributed by atoms with van der Waals surface area (Å²) < 4.78 is 15.1. The van der Waals surface area contributed by atoms with Crippen molar-refractivity contribution in [3.63, 3.8) is 0 Å². The zero-order valence-electron chi connectivity index (χ0n) is 8.24. The highest BCUT2D eigenvalue weighted by atomic mass is 35.5. The molecule has 1 heterocycles.